The molecule has 0 spiro atoms. The maximum absolute atomic E-state index is 10.5. The first-order valence-electron chi connectivity index (χ1n) is 10.2. The van der Waals surface area contributed by atoms with Gasteiger partial charge in [-0.05, 0) is 64.4 Å². The van der Waals surface area contributed by atoms with Crippen LogP contribution in [0.3, 0.4) is 0 Å². The molecular formula is C21H36N4O2. The van der Waals surface area contributed by atoms with Gasteiger partial charge in [-0.2, -0.15) is 0 Å². The van der Waals surface area contributed by atoms with Crippen LogP contribution in [0.15, 0.2) is 29.3 Å². The van der Waals surface area contributed by atoms with Gasteiger partial charge in [0.15, 0.2) is 5.96 Å². The SMILES string of the molecule is CCNC(=NCC(O)c1ccc(OC(C)C)cc1)NCC1CCCN1CC. The lowest BCUT2D eigenvalue weighted by Crippen LogP contribution is -2.45. The number of likely N-dealkylation sites (tertiary alicyclic amines) is 1. The third kappa shape index (κ3) is 7.03. The molecular weight excluding hydrogens is 340 g/mol. The van der Waals surface area contributed by atoms with Gasteiger partial charge < -0.3 is 20.5 Å². The predicted molar refractivity (Wildman–Crippen MR) is 111 cm³/mol. The van der Waals surface area contributed by atoms with E-state index >= 15 is 0 Å². The first-order chi connectivity index (χ1) is 13.0. The lowest BCUT2D eigenvalue weighted by molar-refractivity contribution is 0.186. The van der Waals surface area contributed by atoms with Crippen LogP contribution in [-0.2, 0) is 0 Å². The zero-order chi connectivity index (χ0) is 19.6. The molecule has 6 heteroatoms. The first kappa shape index (κ1) is 21.5. The van der Waals surface area contributed by atoms with Crippen LogP contribution < -0.4 is 15.4 Å². The molecule has 1 aliphatic heterocycles. The average Bonchev–Trinajstić information content (AvgIpc) is 3.11. The van der Waals surface area contributed by atoms with Crippen molar-refractivity contribution in [1.82, 2.24) is 15.5 Å². The molecule has 0 aromatic heterocycles. The molecule has 6 nitrogen and oxygen atoms in total. The largest absolute Gasteiger partial charge is 0.491 e. The molecule has 0 bridgehead atoms. The highest BCUT2D eigenvalue weighted by molar-refractivity contribution is 5.79. The Kier molecular flexibility index (Phi) is 8.88. The number of aliphatic hydroxyl groups excluding tert-OH is 1. The number of nitrogens with zero attached hydrogens (tertiary/aromatic N) is 2. The molecule has 1 aliphatic rings. The first-order valence-corrected chi connectivity index (χ1v) is 10.2. The second-order valence-corrected chi connectivity index (χ2v) is 7.28. The van der Waals surface area contributed by atoms with E-state index in [1.807, 2.05) is 38.1 Å². The van der Waals surface area contributed by atoms with E-state index in [2.05, 4.69) is 34.4 Å². The van der Waals surface area contributed by atoms with Crippen molar-refractivity contribution in [3.05, 3.63) is 29.8 Å². The number of hydrogen-bond acceptors (Lipinski definition) is 4. The zero-order valence-corrected chi connectivity index (χ0v) is 17.2. The average molecular weight is 377 g/mol. The Morgan fingerprint density at radius 2 is 2.00 bits per heavy atom. The van der Waals surface area contributed by atoms with Crippen molar-refractivity contribution in [3.8, 4) is 5.75 Å². The third-order valence-electron chi connectivity index (χ3n) is 4.81. The molecule has 2 atom stereocenters. The monoisotopic (exact) mass is 376 g/mol. The van der Waals surface area contributed by atoms with Crippen molar-refractivity contribution < 1.29 is 9.84 Å². The summed E-state index contributed by atoms with van der Waals surface area (Å²) in [5.41, 5.74) is 0.846. The van der Waals surface area contributed by atoms with Crippen molar-refractivity contribution in [2.24, 2.45) is 4.99 Å². The second-order valence-electron chi connectivity index (χ2n) is 7.28. The van der Waals surface area contributed by atoms with Gasteiger partial charge in [-0.25, -0.2) is 0 Å². The highest BCUT2D eigenvalue weighted by Gasteiger charge is 2.22. The highest BCUT2D eigenvalue weighted by atomic mass is 16.5. The van der Waals surface area contributed by atoms with Crippen LogP contribution in [-0.4, -0.2) is 60.8 Å². The molecule has 3 N–H and O–H groups in total. The Balaban J connectivity index is 1.88. The summed E-state index contributed by atoms with van der Waals surface area (Å²) >= 11 is 0. The summed E-state index contributed by atoms with van der Waals surface area (Å²) in [5, 5.41) is 17.2. The number of hydrogen-bond donors (Lipinski definition) is 3. The molecule has 27 heavy (non-hydrogen) atoms. The number of nitrogens with one attached hydrogen (secondary N) is 2. The summed E-state index contributed by atoms with van der Waals surface area (Å²) in [6, 6.07) is 8.15. The Morgan fingerprint density at radius 1 is 1.26 bits per heavy atom. The fourth-order valence-electron chi connectivity index (χ4n) is 3.42. The normalized spacial score (nSPS) is 19.3. The van der Waals surface area contributed by atoms with Gasteiger partial charge in [-0.15, -0.1) is 0 Å². The van der Waals surface area contributed by atoms with Crippen LogP contribution in [0.25, 0.3) is 0 Å². The molecule has 1 aromatic carbocycles. The zero-order valence-electron chi connectivity index (χ0n) is 17.2. The topological polar surface area (TPSA) is 69.1 Å². The van der Waals surface area contributed by atoms with Crippen molar-refractivity contribution in [2.45, 2.75) is 58.8 Å². The van der Waals surface area contributed by atoms with E-state index in [1.165, 1.54) is 19.4 Å². The van der Waals surface area contributed by atoms with E-state index < -0.39 is 6.10 Å². The molecule has 0 radical (unpaired) electrons. The smallest absolute Gasteiger partial charge is 0.191 e. The van der Waals surface area contributed by atoms with E-state index in [-0.39, 0.29) is 6.10 Å². The summed E-state index contributed by atoms with van der Waals surface area (Å²) in [5.74, 6) is 1.58. The van der Waals surface area contributed by atoms with Gasteiger partial charge >= 0.3 is 0 Å². The molecule has 1 aromatic rings. The van der Waals surface area contributed by atoms with Gasteiger partial charge in [0.05, 0.1) is 18.8 Å². The van der Waals surface area contributed by atoms with Crippen LogP contribution in [0.4, 0.5) is 0 Å². The number of rotatable bonds is 9. The lowest BCUT2D eigenvalue weighted by Gasteiger charge is -2.24. The van der Waals surface area contributed by atoms with Crippen LogP contribution in [0.1, 0.15) is 52.2 Å². The van der Waals surface area contributed by atoms with Gasteiger partial charge in [-0.1, -0.05) is 19.1 Å². The fraction of sp³-hybridized carbons (Fsp3) is 0.667. The van der Waals surface area contributed by atoms with E-state index in [1.54, 1.807) is 0 Å². The fourth-order valence-corrected chi connectivity index (χ4v) is 3.42. The molecule has 1 fully saturated rings. The highest BCUT2D eigenvalue weighted by Crippen LogP contribution is 2.19. The van der Waals surface area contributed by atoms with Crippen LogP contribution in [0.2, 0.25) is 0 Å². The van der Waals surface area contributed by atoms with Gasteiger partial charge in [-0.3, -0.25) is 9.89 Å². The third-order valence-corrected chi connectivity index (χ3v) is 4.81. The molecule has 0 aliphatic carbocycles. The Labute approximate surface area is 164 Å². The Hall–Kier alpha value is -1.79. The Bertz CT molecular complexity index is 574. The minimum absolute atomic E-state index is 0.141. The summed E-state index contributed by atoms with van der Waals surface area (Å²) < 4.78 is 5.64. The minimum atomic E-state index is -0.632. The molecule has 2 rings (SSSR count). The van der Waals surface area contributed by atoms with Crippen LogP contribution in [0, 0.1) is 0 Å². The lowest BCUT2D eigenvalue weighted by atomic mass is 10.1. The van der Waals surface area contributed by atoms with Crippen molar-refractivity contribution in [3.63, 3.8) is 0 Å². The second kappa shape index (κ2) is 11.1. The van der Waals surface area contributed by atoms with Gasteiger partial charge in [0.25, 0.3) is 0 Å². The minimum Gasteiger partial charge on any atom is -0.491 e. The number of aliphatic imine (C=N–C) groups is 1. The van der Waals surface area contributed by atoms with Crippen LogP contribution in [0.5, 0.6) is 5.75 Å². The molecule has 2 unspecified atom stereocenters. The maximum Gasteiger partial charge on any atom is 0.191 e. The van der Waals surface area contributed by atoms with E-state index in [9.17, 15) is 5.11 Å². The van der Waals surface area contributed by atoms with Gasteiger partial charge in [0.1, 0.15) is 5.75 Å². The van der Waals surface area contributed by atoms with E-state index in [0.717, 1.165) is 36.9 Å². The van der Waals surface area contributed by atoms with Crippen molar-refractivity contribution in [2.75, 3.05) is 32.7 Å². The summed E-state index contributed by atoms with van der Waals surface area (Å²) in [4.78, 5) is 7.07. The van der Waals surface area contributed by atoms with E-state index in [0.29, 0.717) is 12.6 Å². The number of likely N-dealkylation sites (N-methyl/N-ethyl adjacent to an activating group) is 1. The summed E-state index contributed by atoms with van der Waals surface area (Å²) in [7, 11) is 0. The number of benzene rings is 1. The van der Waals surface area contributed by atoms with Crippen molar-refractivity contribution >= 4 is 5.96 Å². The van der Waals surface area contributed by atoms with Crippen molar-refractivity contribution in [1.29, 1.82) is 0 Å². The number of guanidine groups is 1. The number of ether oxygens (including phenoxy) is 1. The summed E-state index contributed by atoms with van der Waals surface area (Å²) in [6.45, 7) is 12.5. The molecule has 1 saturated heterocycles. The molecule has 1 heterocycles. The quantitative estimate of drug-likeness (QED) is 0.456. The number of aliphatic hydroxyl groups is 1. The summed E-state index contributed by atoms with van der Waals surface area (Å²) in [6.07, 6.45) is 2.01. The maximum atomic E-state index is 10.5. The van der Waals surface area contributed by atoms with E-state index in [4.69, 9.17) is 4.74 Å². The predicted octanol–water partition coefficient (Wildman–Crippen LogP) is 2.55. The standard InChI is InChI=1S/C21H36N4O2/c1-5-22-21(23-14-18-8-7-13-25(18)6-2)24-15-20(26)17-9-11-19(12-10-17)27-16(3)4/h9-12,16,18,20,26H,5-8,13-15H2,1-4H3,(H2,22,23,24). The van der Waals surface area contributed by atoms with Gasteiger partial charge in [0, 0.05) is 19.1 Å². The molecule has 0 amide bonds. The molecule has 0 saturated carbocycles. The van der Waals surface area contributed by atoms with Gasteiger partial charge in [0.2, 0.25) is 0 Å². The van der Waals surface area contributed by atoms with Crippen LogP contribution >= 0.6 is 0 Å². The molecule has 152 valence electrons. The Morgan fingerprint density at radius 3 is 2.63 bits per heavy atom.